The normalized spacial score (nSPS) is 31.4. The summed E-state index contributed by atoms with van der Waals surface area (Å²) in [5, 5.41) is 13.9. The van der Waals surface area contributed by atoms with Gasteiger partial charge in [-0.15, -0.1) is 0 Å². The van der Waals surface area contributed by atoms with Gasteiger partial charge in [-0.3, -0.25) is 0 Å². The SMILES string of the molecule is CCNC1(CO)CCCC(SCC(C)CC)C1. The minimum absolute atomic E-state index is 0.0140. The van der Waals surface area contributed by atoms with Gasteiger partial charge >= 0.3 is 0 Å². The van der Waals surface area contributed by atoms with E-state index >= 15 is 0 Å². The molecule has 0 aromatic carbocycles. The summed E-state index contributed by atoms with van der Waals surface area (Å²) in [5.41, 5.74) is 0.0140. The van der Waals surface area contributed by atoms with Crippen LogP contribution in [0.5, 0.6) is 0 Å². The lowest BCUT2D eigenvalue weighted by Crippen LogP contribution is -2.52. The highest BCUT2D eigenvalue weighted by atomic mass is 32.2. The Balaban J connectivity index is 2.41. The number of hydrogen-bond donors (Lipinski definition) is 2. The fourth-order valence-corrected chi connectivity index (χ4v) is 4.21. The van der Waals surface area contributed by atoms with E-state index in [0.717, 1.165) is 30.6 Å². The van der Waals surface area contributed by atoms with Crippen LogP contribution in [-0.4, -0.2) is 34.8 Å². The molecule has 0 aromatic rings. The van der Waals surface area contributed by atoms with Gasteiger partial charge in [-0.25, -0.2) is 0 Å². The zero-order chi connectivity index (χ0) is 12.7. The number of aliphatic hydroxyl groups excluding tert-OH is 1. The maximum atomic E-state index is 9.64. The molecule has 17 heavy (non-hydrogen) atoms. The summed E-state index contributed by atoms with van der Waals surface area (Å²) in [4.78, 5) is 0. The van der Waals surface area contributed by atoms with Gasteiger partial charge in [-0.05, 0) is 37.5 Å². The molecule has 0 spiro atoms. The molecule has 0 bridgehead atoms. The first kappa shape index (κ1) is 15.3. The highest BCUT2D eigenvalue weighted by molar-refractivity contribution is 7.99. The minimum Gasteiger partial charge on any atom is -0.394 e. The van der Waals surface area contributed by atoms with Gasteiger partial charge in [0.25, 0.3) is 0 Å². The Morgan fingerprint density at radius 2 is 2.24 bits per heavy atom. The molecule has 3 heteroatoms. The predicted molar refractivity (Wildman–Crippen MR) is 77.7 cm³/mol. The molecule has 1 saturated carbocycles. The van der Waals surface area contributed by atoms with Crippen molar-refractivity contribution in [3.63, 3.8) is 0 Å². The largest absolute Gasteiger partial charge is 0.394 e. The van der Waals surface area contributed by atoms with E-state index < -0.39 is 0 Å². The van der Waals surface area contributed by atoms with E-state index in [9.17, 15) is 5.11 Å². The fraction of sp³-hybridized carbons (Fsp3) is 1.00. The molecule has 1 fully saturated rings. The van der Waals surface area contributed by atoms with E-state index in [2.05, 4.69) is 37.8 Å². The molecule has 1 aliphatic carbocycles. The van der Waals surface area contributed by atoms with Gasteiger partial charge in [0.2, 0.25) is 0 Å². The third kappa shape index (κ3) is 4.80. The first-order chi connectivity index (χ1) is 8.15. The molecule has 1 rings (SSSR count). The van der Waals surface area contributed by atoms with Crippen molar-refractivity contribution in [3.05, 3.63) is 0 Å². The number of nitrogens with one attached hydrogen (secondary N) is 1. The standard InChI is InChI=1S/C14H29NOS/c1-4-12(3)10-17-13-7-6-8-14(9-13,11-16)15-5-2/h12-13,15-16H,4-11H2,1-3H3. The van der Waals surface area contributed by atoms with E-state index in [1.54, 1.807) is 0 Å². The van der Waals surface area contributed by atoms with Crippen LogP contribution in [0.25, 0.3) is 0 Å². The van der Waals surface area contributed by atoms with E-state index in [4.69, 9.17) is 0 Å². The van der Waals surface area contributed by atoms with Gasteiger partial charge in [-0.2, -0.15) is 11.8 Å². The molecule has 1 aliphatic rings. The molecule has 0 amide bonds. The maximum Gasteiger partial charge on any atom is 0.0613 e. The number of rotatable bonds is 7. The number of likely N-dealkylation sites (N-methyl/N-ethyl adjacent to an activating group) is 1. The van der Waals surface area contributed by atoms with Crippen molar-refractivity contribution in [2.75, 3.05) is 18.9 Å². The zero-order valence-corrected chi connectivity index (χ0v) is 12.5. The van der Waals surface area contributed by atoms with Gasteiger partial charge in [0.15, 0.2) is 0 Å². The van der Waals surface area contributed by atoms with Crippen LogP contribution in [0.15, 0.2) is 0 Å². The topological polar surface area (TPSA) is 32.3 Å². The summed E-state index contributed by atoms with van der Waals surface area (Å²) < 4.78 is 0. The predicted octanol–water partition coefficient (Wildman–Crippen LogP) is 3.05. The van der Waals surface area contributed by atoms with Crippen LogP contribution in [0.2, 0.25) is 0 Å². The Hall–Kier alpha value is 0.270. The van der Waals surface area contributed by atoms with Crippen molar-refractivity contribution in [2.24, 2.45) is 5.92 Å². The molecule has 0 saturated heterocycles. The molecule has 102 valence electrons. The minimum atomic E-state index is 0.0140. The molecule has 2 nitrogen and oxygen atoms in total. The van der Waals surface area contributed by atoms with Gasteiger partial charge in [-0.1, -0.05) is 33.6 Å². The first-order valence-corrected chi connectivity index (χ1v) is 8.18. The molecule has 2 N–H and O–H groups in total. The Bertz CT molecular complexity index is 208. The van der Waals surface area contributed by atoms with Crippen LogP contribution < -0.4 is 5.32 Å². The lowest BCUT2D eigenvalue weighted by molar-refractivity contribution is 0.125. The van der Waals surface area contributed by atoms with Crippen LogP contribution in [0.1, 0.15) is 52.9 Å². The second-order valence-corrected chi connectivity index (χ2v) is 6.87. The second-order valence-electron chi connectivity index (χ2n) is 5.53. The summed E-state index contributed by atoms with van der Waals surface area (Å²) in [7, 11) is 0. The van der Waals surface area contributed by atoms with Crippen LogP contribution >= 0.6 is 11.8 Å². The number of aliphatic hydroxyl groups is 1. The van der Waals surface area contributed by atoms with Crippen molar-refractivity contribution in [3.8, 4) is 0 Å². The van der Waals surface area contributed by atoms with Crippen molar-refractivity contribution in [2.45, 2.75) is 63.7 Å². The fourth-order valence-electron chi connectivity index (χ4n) is 2.60. The molecule has 0 radical (unpaired) electrons. The number of thioether (sulfide) groups is 1. The van der Waals surface area contributed by atoms with Crippen LogP contribution in [0.4, 0.5) is 0 Å². The van der Waals surface area contributed by atoms with E-state index in [0.29, 0.717) is 6.61 Å². The average molecular weight is 259 g/mol. The Morgan fingerprint density at radius 3 is 2.82 bits per heavy atom. The highest BCUT2D eigenvalue weighted by Crippen LogP contribution is 2.35. The summed E-state index contributed by atoms with van der Waals surface area (Å²) in [6.45, 7) is 7.99. The Kier molecular flexibility index (Phi) is 6.90. The molecule has 0 aliphatic heterocycles. The molecule has 0 aromatic heterocycles. The first-order valence-electron chi connectivity index (χ1n) is 7.13. The van der Waals surface area contributed by atoms with Crippen molar-refractivity contribution < 1.29 is 5.11 Å². The second kappa shape index (κ2) is 7.65. The molecule has 0 heterocycles. The van der Waals surface area contributed by atoms with Crippen LogP contribution in [-0.2, 0) is 0 Å². The molecular weight excluding hydrogens is 230 g/mol. The lowest BCUT2D eigenvalue weighted by atomic mass is 9.82. The molecular formula is C14H29NOS. The van der Waals surface area contributed by atoms with Gasteiger partial charge in [0, 0.05) is 10.8 Å². The monoisotopic (exact) mass is 259 g/mol. The summed E-state index contributed by atoms with van der Waals surface area (Å²) in [6.07, 6.45) is 6.13. The van der Waals surface area contributed by atoms with Crippen molar-refractivity contribution in [1.82, 2.24) is 5.32 Å². The van der Waals surface area contributed by atoms with Gasteiger partial charge in [0.1, 0.15) is 0 Å². The zero-order valence-electron chi connectivity index (χ0n) is 11.7. The molecule has 3 atom stereocenters. The third-order valence-electron chi connectivity index (χ3n) is 3.97. The summed E-state index contributed by atoms with van der Waals surface area (Å²) in [5.74, 6) is 2.10. The Morgan fingerprint density at radius 1 is 1.47 bits per heavy atom. The van der Waals surface area contributed by atoms with Crippen molar-refractivity contribution in [1.29, 1.82) is 0 Å². The van der Waals surface area contributed by atoms with E-state index in [-0.39, 0.29) is 5.54 Å². The van der Waals surface area contributed by atoms with Gasteiger partial charge in [0.05, 0.1) is 6.61 Å². The summed E-state index contributed by atoms with van der Waals surface area (Å²) >= 11 is 2.12. The number of hydrogen-bond acceptors (Lipinski definition) is 3. The smallest absolute Gasteiger partial charge is 0.0613 e. The third-order valence-corrected chi connectivity index (χ3v) is 5.60. The average Bonchev–Trinajstić information content (AvgIpc) is 2.36. The summed E-state index contributed by atoms with van der Waals surface area (Å²) in [6, 6.07) is 0. The van der Waals surface area contributed by atoms with E-state index in [1.165, 1.54) is 25.0 Å². The molecule has 3 unspecified atom stereocenters. The lowest BCUT2D eigenvalue weighted by Gasteiger charge is -2.40. The Labute approximate surface area is 111 Å². The van der Waals surface area contributed by atoms with E-state index in [1.807, 2.05) is 0 Å². The van der Waals surface area contributed by atoms with Crippen LogP contribution in [0, 0.1) is 5.92 Å². The maximum absolute atomic E-state index is 9.64. The van der Waals surface area contributed by atoms with Crippen LogP contribution in [0.3, 0.4) is 0 Å². The van der Waals surface area contributed by atoms with Gasteiger partial charge < -0.3 is 10.4 Å². The quantitative estimate of drug-likeness (QED) is 0.737. The highest BCUT2D eigenvalue weighted by Gasteiger charge is 2.35. The van der Waals surface area contributed by atoms with Crippen molar-refractivity contribution >= 4 is 11.8 Å².